The Morgan fingerprint density at radius 3 is 2.83 bits per heavy atom. The van der Waals surface area contributed by atoms with E-state index in [2.05, 4.69) is 0 Å². The van der Waals surface area contributed by atoms with Gasteiger partial charge in [0.25, 0.3) is 5.91 Å². The lowest BCUT2D eigenvalue weighted by molar-refractivity contribution is 0.0738. The lowest BCUT2D eigenvalue weighted by Crippen LogP contribution is -2.35. The van der Waals surface area contributed by atoms with Gasteiger partial charge in [-0.25, -0.2) is 4.39 Å². The summed E-state index contributed by atoms with van der Waals surface area (Å²) in [7, 11) is 2.92. The van der Waals surface area contributed by atoms with E-state index >= 15 is 0 Å². The van der Waals surface area contributed by atoms with Crippen molar-refractivity contribution in [2.75, 3.05) is 14.2 Å². The normalized spacial score (nSPS) is 11.5. The maximum Gasteiger partial charge on any atom is 0.260 e. The SMILES string of the molecule is COc1cccc(F)c1C(=O)N(C)C(C)CC#N. The molecule has 5 heteroatoms. The van der Waals surface area contributed by atoms with Crippen LogP contribution in [0.15, 0.2) is 18.2 Å². The number of nitriles is 1. The molecule has 0 heterocycles. The third-order valence-electron chi connectivity index (χ3n) is 2.78. The molecule has 0 fully saturated rings. The van der Waals surface area contributed by atoms with E-state index in [1.807, 2.05) is 6.07 Å². The zero-order valence-electron chi connectivity index (χ0n) is 10.6. The predicted octanol–water partition coefficient (Wildman–Crippen LogP) is 2.21. The first kappa shape index (κ1) is 14.0. The fourth-order valence-electron chi connectivity index (χ4n) is 1.53. The van der Waals surface area contributed by atoms with E-state index in [1.165, 1.54) is 37.3 Å². The zero-order chi connectivity index (χ0) is 13.7. The molecule has 1 unspecified atom stereocenters. The van der Waals surface area contributed by atoms with Gasteiger partial charge in [0.1, 0.15) is 17.1 Å². The first-order valence-electron chi connectivity index (χ1n) is 5.49. The number of methoxy groups -OCH3 is 1. The second-order valence-corrected chi connectivity index (χ2v) is 3.94. The largest absolute Gasteiger partial charge is 0.496 e. The van der Waals surface area contributed by atoms with Gasteiger partial charge in [-0.05, 0) is 19.1 Å². The lowest BCUT2D eigenvalue weighted by Gasteiger charge is -2.24. The highest BCUT2D eigenvalue weighted by Gasteiger charge is 2.23. The van der Waals surface area contributed by atoms with Crippen molar-refractivity contribution in [3.63, 3.8) is 0 Å². The number of benzene rings is 1. The van der Waals surface area contributed by atoms with Crippen molar-refractivity contribution in [1.82, 2.24) is 4.90 Å². The van der Waals surface area contributed by atoms with Crippen LogP contribution in [0.25, 0.3) is 0 Å². The Morgan fingerprint density at radius 2 is 2.28 bits per heavy atom. The molecule has 18 heavy (non-hydrogen) atoms. The first-order chi connectivity index (χ1) is 8.52. The van der Waals surface area contributed by atoms with E-state index in [1.54, 1.807) is 6.92 Å². The number of ether oxygens (including phenoxy) is 1. The summed E-state index contributed by atoms with van der Waals surface area (Å²) in [5.41, 5.74) is -0.104. The van der Waals surface area contributed by atoms with Crippen molar-refractivity contribution in [2.24, 2.45) is 0 Å². The molecule has 0 N–H and O–H groups in total. The molecular weight excluding hydrogens is 235 g/mol. The van der Waals surface area contributed by atoms with E-state index in [0.29, 0.717) is 0 Å². The predicted molar refractivity (Wildman–Crippen MR) is 64.7 cm³/mol. The summed E-state index contributed by atoms with van der Waals surface area (Å²) in [5, 5.41) is 8.61. The summed E-state index contributed by atoms with van der Waals surface area (Å²) < 4.78 is 18.7. The van der Waals surface area contributed by atoms with Gasteiger partial charge >= 0.3 is 0 Å². The number of hydrogen-bond donors (Lipinski definition) is 0. The number of carbonyl (C=O) groups is 1. The van der Waals surface area contributed by atoms with Gasteiger partial charge < -0.3 is 9.64 Å². The van der Waals surface area contributed by atoms with Crippen LogP contribution < -0.4 is 4.74 Å². The summed E-state index contributed by atoms with van der Waals surface area (Å²) in [4.78, 5) is 13.5. The smallest absolute Gasteiger partial charge is 0.260 e. The highest BCUT2D eigenvalue weighted by atomic mass is 19.1. The van der Waals surface area contributed by atoms with Gasteiger partial charge in [0.05, 0.1) is 19.6 Å². The van der Waals surface area contributed by atoms with Crippen LogP contribution in [0.3, 0.4) is 0 Å². The van der Waals surface area contributed by atoms with Gasteiger partial charge in [0, 0.05) is 13.1 Å². The van der Waals surface area contributed by atoms with Gasteiger partial charge in [-0.1, -0.05) is 6.07 Å². The second-order valence-electron chi connectivity index (χ2n) is 3.94. The third-order valence-corrected chi connectivity index (χ3v) is 2.78. The molecule has 0 saturated carbocycles. The minimum atomic E-state index is -0.629. The Hall–Kier alpha value is -2.09. The molecule has 96 valence electrons. The molecule has 0 bridgehead atoms. The number of hydrogen-bond acceptors (Lipinski definition) is 3. The van der Waals surface area contributed by atoms with Crippen LogP contribution in [-0.4, -0.2) is 31.0 Å². The Bertz CT molecular complexity index is 482. The fourth-order valence-corrected chi connectivity index (χ4v) is 1.53. The Morgan fingerprint density at radius 1 is 1.61 bits per heavy atom. The topological polar surface area (TPSA) is 53.3 Å². The highest BCUT2D eigenvalue weighted by Crippen LogP contribution is 2.23. The molecule has 0 radical (unpaired) electrons. The summed E-state index contributed by atoms with van der Waals surface area (Å²) >= 11 is 0. The molecule has 1 aromatic carbocycles. The van der Waals surface area contributed by atoms with Crippen LogP contribution in [0.2, 0.25) is 0 Å². The molecule has 0 spiro atoms. The zero-order valence-corrected chi connectivity index (χ0v) is 10.6. The van der Waals surface area contributed by atoms with Crippen molar-refractivity contribution in [3.8, 4) is 11.8 Å². The fraction of sp³-hybridized carbons (Fsp3) is 0.385. The molecule has 0 aliphatic rings. The van der Waals surface area contributed by atoms with Crippen LogP contribution >= 0.6 is 0 Å². The molecule has 1 aromatic rings. The lowest BCUT2D eigenvalue weighted by atomic mass is 10.1. The van der Waals surface area contributed by atoms with E-state index < -0.39 is 11.7 Å². The molecule has 1 rings (SSSR count). The van der Waals surface area contributed by atoms with Gasteiger partial charge in [-0.15, -0.1) is 0 Å². The average Bonchev–Trinajstić information content (AvgIpc) is 2.36. The average molecular weight is 250 g/mol. The standard InChI is InChI=1S/C13H15FN2O2/c1-9(7-8-15)16(2)13(17)12-10(14)5-4-6-11(12)18-3/h4-6,9H,7H2,1-3H3. The molecule has 4 nitrogen and oxygen atoms in total. The van der Waals surface area contributed by atoms with E-state index in [4.69, 9.17) is 10.00 Å². The summed E-state index contributed by atoms with van der Waals surface area (Å²) in [6.45, 7) is 1.73. The monoisotopic (exact) mass is 250 g/mol. The number of amides is 1. The second kappa shape index (κ2) is 6.01. The van der Waals surface area contributed by atoms with Gasteiger partial charge in [0.15, 0.2) is 0 Å². The minimum Gasteiger partial charge on any atom is -0.496 e. The van der Waals surface area contributed by atoms with Crippen molar-refractivity contribution in [3.05, 3.63) is 29.6 Å². The number of nitrogens with zero attached hydrogens (tertiary/aromatic N) is 2. The summed E-state index contributed by atoms with van der Waals surface area (Å²) in [6.07, 6.45) is 0.193. The van der Waals surface area contributed by atoms with Crippen LogP contribution in [0.4, 0.5) is 4.39 Å². The van der Waals surface area contributed by atoms with Crippen LogP contribution in [-0.2, 0) is 0 Å². The van der Waals surface area contributed by atoms with Crippen LogP contribution in [0, 0.1) is 17.1 Å². The van der Waals surface area contributed by atoms with E-state index in [-0.39, 0.29) is 23.8 Å². The van der Waals surface area contributed by atoms with Gasteiger partial charge in [-0.3, -0.25) is 4.79 Å². The van der Waals surface area contributed by atoms with Crippen LogP contribution in [0.1, 0.15) is 23.7 Å². The van der Waals surface area contributed by atoms with Crippen molar-refractivity contribution >= 4 is 5.91 Å². The van der Waals surface area contributed by atoms with E-state index in [9.17, 15) is 9.18 Å². The minimum absolute atomic E-state index is 0.104. The number of rotatable bonds is 4. The quantitative estimate of drug-likeness (QED) is 0.823. The number of carbonyl (C=O) groups excluding carboxylic acids is 1. The van der Waals surface area contributed by atoms with E-state index in [0.717, 1.165) is 0 Å². The van der Waals surface area contributed by atoms with Gasteiger partial charge in [-0.2, -0.15) is 5.26 Å². The molecule has 0 aromatic heterocycles. The first-order valence-corrected chi connectivity index (χ1v) is 5.49. The van der Waals surface area contributed by atoms with Crippen molar-refractivity contribution < 1.29 is 13.9 Å². The molecule has 0 saturated heterocycles. The maximum atomic E-state index is 13.7. The van der Waals surface area contributed by atoms with Crippen LogP contribution in [0.5, 0.6) is 5.75 Å². The van der Waals surface area contributed by atoms with Crippen molar-refractivity contribution in [2.45, 2.75) is 19.4 Å². The Kier molecular flexibility index (Phi) is 4.67. The van der Waals surface area contributed by atoms with Gasteiger partial charge in [0.2, 0.25) is 0 Å². The summed E-state index contributed by atoms with van der Waals surface area (Å²) in [6, 6.07) is 5.90. The number of halogens is 1. The molecule has 0 aliphatic carbocycles. The maximum absolute atomic E-state index is 13.7. The third kappa shape index (κ3) is 2.77. The molecule has 1 atom stereocenters. The molecular formula is C13H15FN2O2. The Labute approximate surface area is 106 Å². The summed E-state index contributed by atoms with van der Waals surface area (Å²) in [5.74, 6) is -0.931. The van der Waals surface area contributed by atoms with Crippen molar-refractivity contribution in [1.29, 1.82) is 5.26 Å². The molecule has 1 amide bonds. The Balaban J connectivity index is 3.08. The molecule has 0 aliphatic heterocycles. The highest BCUT2D eigenvalue weighted by molar-refractivity contribution is 5.97.